The molecular weight excluding hydrogens is 219 g/mol. The third-order valence-electron chi connectivity index (χ3n) is 3.28. The van der Waals surface area contributed by atoms with E-state index in [0.717, 1.165) is 25.1 Å². The van der Waals surface area contributed by atoms with Crippen LogP contribution in [0, 0.1) is 5.82 Å². The second-order valence-corrected chi connectivity index (χ2v) is 4.69. The number of pyridine rings is 1. The fourth-order valence-corrected chi connectivity index (χ4v) is 2.39. The molecule has 1 aromatic rings. The summed E-state index contributed by atoms with van der Waals surface area (Å²) in [7, 11) is 0. The van der Waals surface area contributed by atoms with Crippen molar-refractivity contribution in [2.45, 2.75) is 38.3 Å². The summed E-state index contributed by atoms with van der Waals surface area (Å²) in [6.45, 7) is 5.80. The van der Waals surface area contributed by atoms with Crippen LogP contribution in [0.1, 0.15) is 32.4 Å². The first-order chi connectivity index (χ1) is 8.14. The highest BCUT2D eigenvalue weighted by atomic mass is 19.1. The van der Waals surface area contributed by atoms with Gasteiger partial charge in [-0.2, -0.15) is 0 Å². The minimum absolute atomic E-state index is 0.309. The maximum Gasteiger partial charge on any atom is 0.141 e. The summed E-state index contributed by atoms with van der Waals surface area (Å²) < 4.78 is 18.7. The molecule has 0 amide bonds. The molecule has 1 aromatic heterocycles. The van der Waals surface area contributed by atoms with E-state index in [1.807, 2.05) is 6.92 Å². The Labute approximate surface area is 101 Å². The molecule has 0 aliphatic carbocycles. The molecule has 1 N–H and O–H groups in total. The van der Waals surface area contributed by atoms with E-state index in [4.69, 9.17) is 4.74 Å². The van der Waals surface area contributed by atoms with E-state index in [1.54, 1.807) is 6.07 Å². The van der Waals surface area contributed by atoms with Gasteiger partial charge in [0, 0.05) is 12.6 Å². The average Bonchev–Trinajstić information content (AvgIpc) is 2.30. The summed E-state index contributed by atoms with van der Waals surface area (Å²) in [4.78, 5) is 4.14. The third kappa shape index (κ3) is 2.82. The topological polar surface area (TPSA) is 34.1 Å². The minimum Gasteiger partial charge on any atom is -0.369 e. The van der Waals surface area contributed by atoms with Gasteiger partial charge in [-0.05, 0) is 38.4 Å². The number of ether oxygens (including phenoxy) is 1. The zero-order chi connectivity index (χ0) is 12.3. The SMILES string of the molecule is CCNC1CCOC(C)(c2ccc(F)cn2)C1. The number of hydrogen-bond donors (Lipinski definition) is 1. The van der Waals surface area contributed by atoms with Gasteiger partial charge in [0.1, 0.15) is 11.4 Å². The van der Waals surface area contributed by atoms with E-state index in [9.17, 15) is 4.39 Å². The highest BCUT2D eigenvalue weighted by Gasteiger charge is 2.35. The van der Waals surface area contributed by atoms with Crippen LogP contribution in [-0.2, 0) is 10.3 Å². The second kappa shape index (κ2) is 5.10. The number of halogens is 1. The minimum atomic E-state index is -0.404. The molecule has 3 nitrogen and oxygen atoms in total. The van der Waals surface area contributed by atoms with E-state index in [-0.39, 0.29) is 5.82 Å². The van der Waals surface area contributed by atoms with Gasteiger partial charge in [-0.25, -0.2) is 4.39 Å². The Balaban J connectivity index is 2.14. The molecule has 2 rings (SSSR count). The maximum absolute atomic E-state index is 12.9. The lowest BCUT2D eigenvalue weighted by molar-refractivity contribution is -0.0838. The van der Waals surface area contributed by atoms with Crippen LogP contribution in [-0.4, -0.2) is 24.2 Å². The lowest BCUT2D eigenvalue weighted by Gasteiger charge is -2.38. The number of nitrogens with one attached hydrogen (secondary N) is 1. The summed E-state index contributed by atoms with van der Waals surface area (Å²) in [6, 6.07) is 3.60. The summed E-state index contributed by atoms with van der Waals surface area (Å²) in [5.74, 6) is -0.309. The van der Waals surface area contributed by atoms with Crippen LogP contribution in [0.2, 0.25) is 0 Å². The molecule has 0 saturated carbocycles. The number of rotatable bonds is 3. The van der Waals surface area contributed by atoms with Crippen LogP contribution >= 0.6 is 0 Å². The van der Waals surface area contributed by atoms with E-state index < -0.39 is 5.60 Å². The molecule has 4 heteroatoms. The van der Waals surface area contributed by atoms with Crippen molar-refractivity contribution < 1.29 is 9.13 Å². The standard InChI is InChI=1S/C13H19FN2O/c1-3-15-11-6-7-17-13(2,8-11)12-5-4-10(14)9-16-12/h4-5,9,11,15H,3,6-8H2,1-2H3. The smallest absolute Gasteiger partial charge is 0.141 e. The number of aromatic nitrogens is 1. The predicted molar refractivity (Wildman–Crippen MR) is 64.2 cm³/mol. The Kier molecular flexibility index (Phi) is 3.74. The van der Waals surface area contributed by atoms with Gasteiger partial charge < -0.3 is 10.1 Å². The van der Waals surface area contributed by atoms with Crippen molar-refractivity contribution >= 4 is 0 Å². The van der Waals surface area contributed by atoms with Crippen LogP contribution in [0.4, 0.5) is 4.39 Å². The van der Waals surface area contributed by atoms with Gasteiger partial charge in [0.15, 0.2) is 0 Å². The normalized spacial score (nSPS) is 29.2. The fourth-order valence-electron chi connectivity index (χ4n) is 2.39. The molecule has 2 heterocycles. The fraction of sp³-hybridized carbons (Fsp3) is 0.615. The average molecular weight is 238 g/mol. The van der Waals surface area contributed by atoms with E-state index in [0.29, 0.717) is 12.6 Å². The van der Waals surface area contributed by atoms with Gasteiger partial charge in [-0.1, -0.05) is 6.92 Å². The zero-order valence-electron chi connectivity index (χ0n) is 10.4. The predicted octanol–water partition coefficient (Wildman–Crippen LogP) is 2.22. The Morgan fingerprint density at radius 3 is 3.06 bits per heavy atom. The van der Waals surface area contributed by atoms with Crippen molar-refractivity contribution in [2.75, 3.05) is 13.2 Å². The highest BCUT2D eigenvalue weighted by Crippen LogP contribution is 2.33. The Bertz CT molecular complexity index is 366. The van der Waals surface area contributed by atoms with Crippen molar-refractivity contribution in [3.8, 4) is 0 Å². The van der Waals surface area contributed by atoms with Crippen molar-refractivity contribution in [3.63, 3.8) is 0 Å². The summed E-state index contributed by atoms with van der Waals surface area (Å²) in [6.07, 6.45) is 3.14. The molecule has 94 valence electrons. The molecule has 2 atom stereocenters. The third-order valence-corrected chi connectivity index (χ3v) is 3.28. The molecule has 17 heavy (non-hydrogen) atoms. The van der Waals surface area contributed by atoms with Gasteiger partial charge in [-0.3, -0.25) is 4.98 Å². The molecule has 2 unspecified atom stereocenters. The summed E-state index contributed by atoms with van der Waals surface area (Å²) in [5.41, 5.74) is 0.403. The summed E-state index contributed by atoms with van der Waals surface area (Å²) >= 11 is 0. The molecule has 1 fully saturated rings. The highest BCUT2D eigenvalue weighted by molar-refractivity contribution is 5.14. The second-order valence-electron chi connectivity index (χ2n) is 4.69. The Morgan fingerprint density at radius 1 is 1.59 bits per heavy atom. The van der Waals surface area contributed by atoms with E-state index >= 15 is 0 Å². The molecule has 0 spiro atoms. The quantitative estimate of drug-likeness (QED) is 0.876. The lowest BCUT2D eigenvalue weighted by Crippen LogP contribution is -2.44. The van der Waals surface area contributed by atoms with Crippen molar-refractivity contribution in [1.29, 1.82) is 0 Å². The van der Waals surface area contributed by atoms with Crippen LogP contribution in [0.15, 0.2) is 18.3 Å². The molecule has 0 aromatic carbocycles. The monoisotopic (exact) mass is 238 g/mol. The molecule has 0 bridgehead atoms. The van der Waals surface area contributed by atoms with Crippen molar-refractivity contribution in [1.82, 2.24) is 10.3 Å². The largest absolute Gasteiger partial charge is 0.369 e. The van der Waals surface area contributed by atoms with Crippen LogP contribution in [0.25, 0.3) is 0 Å². The van der Waals surface area contributed by atoms with Gasteiger partial charge >= 0.3 is 0 Å². The maximum atomic E-state index is 12.9. The van der Waals surface area contributed by atoms with Gasteiger partial charge in [0.05, 0.1) is 11.9 Å². The molecule has 1 saturated heterocycles. The van der Waals surface area contributed by atoms with Crippen LogP contribution in [0.3, 0.4) is 0 Å². The van der Waals surface area contributed by atoms with Gasteiger partial charge in [-0.15, -0.1) is 0 Å². The molecule has 1 aliphatic heterocycles. The molecule has 1 aliphatic rings. The Morgan fingerprint density at radius 2 is 2.41 bits per heavy atom. The first-order valence-electron chi connectivity index (χ1n) is 6.13. The van der Waals surface area contributed by atoms with E-state index in [1.165, 1.54) is 12.3 Å². The zero-order valence-corrected chi connectivity index (χ0v) is 10.4. The first kappa shape index (κ1) is 12.5. The summed E-state index contributed by atoms with van der Waals surface area (Å²) in [5, 5.41) is 3.44. The van der Waals surface area contributed by atoms with Crippen molar-refractivity contribution in [3.05, 3.63) is 29.8 Å². The van der Waals surface area contributed by atoms with Crippen molar-refractivity contribution in [2.24, 2.45) is 0 Å². The Hall–Kier alpha value is -1.00. The van der Waals surface area contributed by atoms with Gasteiger partial charge in [0.2, 0.25) is 0 Å². The first-order valence-corrected chi connectivity index (χ1v) is 6.13. The van der Waals surface area contributed by atoms with Gasteiger partial charge in [0.25, 0.3) is 0 Å². The van der Waals surface area contributed by atoms with Crippen LogP contribution < -0.4 is 5.32 Å². The lowest BCUT2D eigenvalue weighted by atomic mass is 9.89. The molecular formula is C13H19FN2O. The molecule has 0 radical (unpaired) electrons. The number of hydrogen-bond acceptors (Lipinski definition) is 3. The number of nitrogens with zero attached hydrogens (tertiary/aromatic N) is 1. The van der Waals surface area contributed by atoms with E-state index in [2.05, 4.69) is 17.2 Å². The van der Waals surface area contributed by atoms with Crippen LogP contribution in [0.5, 0.6) is 0 Å².